The van der Waals surface area contributed by atoms with E-state index in [4.69, 9.17) is 4.74 Å². The van der Waals surface area contributed by atoms with E-state index >= 15 is 0 Å². The van der Waals surface area contributed by atoms with E-state index in [1.54, 1.807) is 0 Å². The van der Waals surface area contributed by atoms with Crippen LogP contribution in [0.1, 0.15) is 42.4 Å². The molecule has 2 aliphatic carbocycles. The van der Waals surface area contributed by atoms with Gasteiger partial charge in [0.2, 0.25) is 5.91 Å². The van der Waals surface area contributed by atoms with Crippen molar-refractivity contribution in [3.8, 4) is 0 Å². The summed E-state index contributed by atoms with van der Waals surface area (Å²) in [6, 6.07) is 1.93. The Bertz CT molecular complexity index is 897. The van der Waals surface area contributed by atoms with E-state index in [0.29, 0.717) is 56.1 Å². The molecule has 1 heterocycles. The minimum Gasteiger partial charge on any atom is -0.380 e. The van der Waals surface area contributed by atoms with Crippen LogP contribution in [-0.2, 0) is 28.4 Å². The first kappa shape index (κ1) is 25.0. The van der Waals surface area contributed by atoms with Crippen molar-refractivity contribution in [2.75, 3.05) is 20.3 Å². The highest BCUT2D eigenvalue weighted by molar-refractivity contribution is 5.79. The molecule has 0 spiro atoms. The standard InChI is InChI=1S/C24H28F6N2O2/c1-32(21-16-3-2-4-17(21)13-34-12-16)20-6-5-15(9-20)22(33)31-11-14-7-18(23(25,26)27)10-19(8-14)24(28,29)30/h2-3,7-8,10,15-17,20-21H,4-6,9,11-13H2,1H3,(H,31,33)/t15-,16?,17?,20+,21?/m0/s1. The second kappa shape index (κ2) is 9.53. The lowest BCUT2D eigenvalue weighted by atomic mass is 9.79. The molecule has 1 saturated heterocycles. The number of carbonyl (C=O) groups excluding carboxylic acids is 1. The quantitative estimate of drug-likeness (QED) is 0.465. The lowest BCUT2D eigenvalue weighted by molar-refractivity contribution is -0.143. The molecule has 1 N–H and O–H groups in total. The maximum atomic E-state index is 13.1. The summed E-state index contributed by atoms with van der Waals surface area (Å²) in [7, 11) is 2.07. The topological polar surface area (TPSA) is 41.6 Å². The van der Waals surface area contributed by atoms with Crippen molar-refractivity contribution in [2.24, 2.45) is 17.8 Å². The molecule has 3 unspecified atom stereocenters. The second-order valence-corrected chi connectivity index (χ2v) is 9.58. The van der Waals surface area contributed by atoms with Crippen LogP contribution in [0, 0.1) is 17.8 Å². The molecular formula is C24H28F6N2O2. The van der Waals surface area contributed by atoms with Crippen LogP contribution >= 0.6 is 0 Å². The molecule has 1 aliphatic heterocycles. The van der Waals surface area contributed by atoms with Gasteiger partial charge in [-0.2, -0.15) is 26.3 Å². The van der Waals surface area contributed by atoms with E-state index in [0.717, 1.165) is 12.8 Å². The number of hydrogen-bond donors (Lipinski definition) is 1. The first-order valence-corrected chi connectivity index (χ1v) is 11.5. The van der Waals surface area contributed by atoms with Crippen LogP contribution in [0.15, 0.2) is 30.4 Å². The summed E-state index contributed by atoms with van der Waals surface area (Å²) < 4.78 is 84.1. The van der Waals surface area contributed by atoms with Gasteiger partial charge >= 0.3 is 12.4 Å². The van der Waals surface area contributed by atoms with E-state index < -0.39 is 30.0 Å². The Morgan fingerprint density at radius 3 is 2.35 bits per heavy atom. The van der Waals surface area contributed by atoms with Crippen LogP contribution in [0.4, 0.5) is 26.3 Å². The summed E-state index contributed by atoms with van der Waals surface area (Å²) in [5, 5.41) is 2.55. The Morgan fingerprint density at radius 1 is 1.06 bits per heavy atom. The van der Waals surface area contributed by atoms with Gasteiger partial charge in [0.25, 0.3) is 0 Å². The summed E-state index contributed by atoms with van der Waals surface area (Å²) in [4.78, 5) is 15.1. The zero-order valence-electron chi connectivity index (χ0n) is 18.8. The van der Waals surface area contributed by atoms with Gasteiger partial charge in [0.1, 0.15) is 0 Å². The van der Waals surface area contributed by atoms with Crippen LogP contribution in [0.2, 0.25) is 0 Å². The number of carbonyl (C=O) groups is 1. The molecule has 0 radical (unpaired) electrons. The lowest BCUT2D eigenvalue weighted by Crippen LogP contribution is -2.53. The van der Waals surface area contributed by atoms with Crippen molar-refractivity contribution < 1.29 is 35.9 Å². The second-order valence-electron chi connectivity index (χ2n) is 9.58. The van der Waals surface area contributed by atoms with E-state index in [1.165, 1.54) is 0 Å². The minimum atomic E-state index is -4.92. The maximum absolute atomic E-state index is 13.1. The van der Waals surface area contributed by atoms with Crippen molar-refractivity contribution in [3.05, 3.63) is 47.0 Å². The van der Waals surface area contributed by atoms with E-state index in [-0.39, 0.29) is 29.5 Å². The highest BCUT2D eigenvalue weighted by Gasteiger charge is 2.42. The van der Waals surface area contributed by atoms with Crippen LogP contribution < -0.4 is 5.32 Å². The number of ether oxygens (including phenoxy) is 1. The Labute approximate surface area is 194 Å². The Balaban J connectivity index is 1.37. The number of allylic oxidation sites excluding steroid dienone is 1. The zero-order chi connectivity index (χ0) is 24.7. The van der Waals surface area contributed by atoms with Crippen LogP contribution in [0.3, 0.4) is 0 Å². The van der Waals surface area contributed by atoms with Crippen LogP contribution in [-0.4, -0.2) is 43.2 Å². The third-order valence-electron chi connectivity index (χ3n) is 7.32. The maximum Gasteiger partial charge on any atom is 0.416 e. The molecule has 3 aliphatic rings. The molecule has 4 rings (SSSR count). The number of benzene rings is 1. The van der Waals surface area contributed by atoms with Gasteiger partial charge in [0.15, 0.2) is 0 Å². The highest BCUT2D eigenvalue weighted by atomic mass is 19.4. The number of nitrogens with zero attached hydrogens (tertiary/aromatic N) is 1. The number of halogens is 6. The zero-order valence-corrected chi connectivity index (χ0v) is 18.8. The Kier molecular flexibility index (Phi) is 7.01. The van der Waals surface area contributed by atoms with Crippen molar-refractivity contribution in [1.82, 2.24) is 10.2 Å². The number of alkyl halides is 6. The van der Waals surface area contributed by atoms with Gasteiger partial charge < -0.3 is 10.1 Å². The first-order valence-electron chi connectivity index (χ1n) is 11.5. The molecule has 1 amide bonds. The Morgan fingerprint density at radius 2 is 1.74 bits per heavy atom. The van der Waals surface area contributed by atoms with Gasteiger partial charge in [-0.05, 0) is 56.5 Å². The van der Waals surface area contributed by atoms with E-state index in [1.807, 2.05) is 0 Å². The van der Waals surface area contributed by atoms with Gasteiger partial charge in [0, 0.05) is 36.4 Å². The fourth-order valence-corrected chi connectivity index (χ4v) is 5.61. The largest absolute Gasteiger partial charge is 0.416 e. The average molecular weight is 490 g/mol. The lowest BCUT2D eigenvalue weighted by Gasteiger charge is -2.46. The molecular weight excluding hydrogens is 462 g/mol. The normalized spacial score (nSPS) is 29.5. The molecule has 10 heteroatoms. The molecule has 2 fully saturated rings. The highest BCUT2D eigenvalue weighted by Crippen LogP contribution is 2.38. The van der Waals surface area contributed by atoms with Gasteiger partial charge in [-0.15, -0.1) is 0 Å². The SMILES string of the molecule is CN(C1C2C=CCC1COC2)[C@@H]1CC[C@H](C(=O)NCc2cc(C(F)(F)F)cc(C(F)(F)F)c2)C1. The fraction of sp³-hybridized carbons (Fsp3) is 0.625. The number of rotatable bonds is 5. The summed E-state index contributed by atoms with van der Waals surface area (Å²) >= 11 is 0. The van der Waals surface area contributed by atoms with Gasteiger partial charge in [-0.25, -0.2) is 0 Å². The van der Waals surface area contributed by atoms with E-state index in [2.05, 4.69) is 29.4 Å². The number of fused-ring (bicyclic) bond motifs is 2. The fourth-order valence-electron chi connectivity index (χ4n) is 5.61. The van der Waals surface area contributed by atoms with E-state index in [9.17, 15) is 31.1 Å². The van der Waals surface area contributed by atoms with Crippen molar-refractivity contribution in [3.63, 3.8) is 0 Å². The van der Waals surface area contributed by atoms with Gasteiger partial charge in [-0.1, -0.05) is 12.2 Å². The average Bonchev–Trinajstić information content (AvgIpc) is 3.25. The molecule has 34 heavy (non-hydrogen) atoms. The van der Waals surface area contributed by atoms with Gasteiger partial charge in [-0.3, -0.25) is 9.69 Å². The third kappa shape index (κ3) is 5.43. The summed E-state index contributed by atoms with van der Waals surface area (Å²) in [5.41, 5.74) is -3.00. The number of hydrogen-bond acceptors (Lipinski definition) is 3. The summed E-state index contributed by atoms with van der Waals surface area (Å²) in [5.74, 6) is 0.0592. The molecule has 188 valence electrons. The third-order valence-corrected chi connectivity index (χ3v) is 7.32. The van der Waals surface area contributed by atoms with Crippen molar-refractivity contribution in [1.29, 1.82) is 0 Å². The molecule has 1 aromatic carbocycles. The monoisotopic (exact) mass is 490 g/mol. The summed E-state index contributed by atoms with van der Waals surface area (Å²) in [6.45, 7) is 0.997. The molecule has 4 nitrogen and oxygen atoms in total. The smallest absolute Gasteiger partial charge is 0.380 e. The van der Waals surface area contributed by atoms with Crippen molar-refractivity contribution >= 4 is 5.91 Å². The predicted octanol–water partition coefficient (Wildman–Crippen LogP) is 5.03. The van der Waals surface area contributed by atoms with Crippen LogP contribution in [0.25, 0.3) is 0 Å². The minimum absolute atomic E-state index is 0.0869. The molecule has 2 bridgehead atoms. The number of amides is 1. The van der Waals surface area contributed by atoms with Gasteiger partial charge in [0.05, 0.1) is 24.3 Å². The first-order chi connectivity index (χ1) is 15.9. The molecule has 0 aromatic heterocycles. The molecule has 1 saturated carbocycles. The molecule has 1 aromatic rings. The summed E-state index contributed by atoms with van der Waals surface area (Å²) in [6.07, 6.45) is -2.42. The predicted molar refractivity (Wildman–Crippen MR) is 113 cm³/mol. The van der Waals surface area contributed by atoms with Crippen molar-refractivity contribution in [2.45, 2.75) is 56.7 Å². The van der Waals surface area contributed by atoms with Crippen LogP contribution in [0.5, 0.6) is 0 Å². The molecule has 5 atom stereocenters. The number of nitrogens with one attached hydrogen (secondary N) is 1. The Hall–Kier alpha value is -2.07.